The smallest absolute Gasteiger partial charge is 0.328 e. The third-order valence-electron chi connectivity index (χ3n) is 4.23. The second-order valence-corrected chi connectivity index (χ2v) is 6.96. The molecule has 0 saturated carbocycles. The molecule has 1 rings (SSSR count). The Kier molecular flexibility index (Phi) is 10.1. The van der Waals surface area contributed by atoms with E-state index < -0.39 is 66.9 Å². The van der Waals surface area contributed by atoms with Gasteiger partial charge in [-0.1, -0.05) is 12.1 Å². The third kappa shape index (κ3) is 8.57. The molecule has 0 heterocycles. The van der Waals surface area contributed by atoms with Crippen molar-refractivity contribution in [1.82, 2.24) is 16.0 Å². The van der Waals surface area contributed by atoms with Gasteiger partial charge in [-0.25, -0.2) is 4.79 Å². The summed E-state index contributed by atoms with van der Waals surface area (Å²) in [6.07, 6.45) is -0.969. The number of aliphatic hydroxyl groups excluding tert-OH is 1. The first-order valence-electron chi connectivity index (χ1n) is 9.44. The van der Waals surface area contributed by atoms with Gasteiger partial charge in [0, 0.05) is 6.42 Å². The number of carbonyl (C=O) groups is 5. The first-order chi connectivity index (χ1) is 14.9. The molecule has 176 valence electrons. The summed E-state index contributed by atoms with van der Waals surface area (Å²) >= 11 is 0. The summed E-state index contributed by atoms with van der Waals surface area (Å²) in [5.41, 5.74) is 6.04. The van der Waals surface area contributed by atoms with Crippen LogP contribution in [0.4, 0.5) is 0 Å². The molecule has 0 bridgehead atoms. The average molecular weight is 454 g/mol. The molecule has 0 aliphatic carbocycles. The molecule has 4 atom stereocenters. The minimum absolute atomic E-state index is 0.0237. The number of hydrogen-bond acceptors (Lipinski definition) is 8. The fourth-order valence-corrected chi connectivity index (χ4v) is 2.49. The van der Waals surface area contributed by atoms with Crippen molar-refractivity contribution in [3.8, 4) is 5.75 Å². The second kappa shape index (κ2) is 12.2. The summed E-state index contributed by atoms with van der Waals surface area (Å²) in [6.45, 7) is 0.426. The summed E-state index contributed by atoms with van der Waals surface area (Å²) in [5.74, 6) is -5.81. The number of carboxylic acids is 2. The van der Waals surface area contributed by atoms with Crippen LogP contribution in [0.1, 0.15) is 18.9 Å². The average Bonchev–Trinajstić information content (AvgIpc) is 2.71. The fourth-order valence-electron chi connectivity index (χ4n) is 2.49. The number of hydrogen-bond donors (Lipinski definition) is 8. The number of aliphatic hydroxyl groups is 1. The summed E-state index contributed by atoms with van der Waals surface area (Å²) in [7, 11) is 0. The maximum Gasteiger partial charge on any atom is 0.328 e. The topological polar surface area (TPSA) is 228 Å². The predicted octanol–water partition coefficient (Wildman–Crippen LogP) is -2.71. The molecule has 3 amide bonds. The van der Waals surface area contributed by atoms with Crippen LogP contribution >= 0.6 is 0 Å². The first kappa shape index (κ1) is 26.3. The Hall–Kier alpha value is -3.71. The maximum atomic E-state index is 12.8. The van der Waals surface area contributed by atoms with Crippen molar-refractivity contribution in [3.05, 3.63) is 29.8 Å². The normalized spacial score (nSPS) is 14.3. The van der Waals surface area contributed by atoms with Crippen molar-refractivity contribution in [2.24, 2.45) is 5.73 Å². The Labute approximate surface area is 182 Å². The summed E-state index contributed by atoms with van der Waals surface area (Å²) in [4.78, 5) is 59.3. The van der Waals surface area contributed by atoms with Gasteiger partial charge in [0.2, 0.25) is 17.7 Å². The predicted molar refractivity (Wildman–Crippen MR) is 108 cm³/mol. The minimum atomic E-state index is -1.71. The van der Waals surface area contributed by atoms with Crippen molar-refractivity contribution >= 4 is 29.7 Å². The Balaban J connectivity index is 3.07. The Bertz CT molecular complexity index is 842. The molecule has 0 aliphatic rings. The van der Waals surface area contributed by atoms with E-state index in [4.69, 9.17) is 21.1 Å². The van der Waals surface area contributed by atoms with Gasteiger partial charge < -0.3 is 42.1 Å². The lowest BCUT2D eigenvalue weighted by Crippen LogP contribution is -2.58. The number of rotatable bonds is 12. The van der Waals surface area contributed by atoms with E-state index in [0.29, 0.717) is 5.56 Å². The number of nitrogens with one attached hydrogen (secondary N) is 3. The molecule has 0 aliphatic heterocycles. The summed E-state index contributed by atoms with van der Waals surface area (Å²) in [6, 6.07) is 0.0729. The fraction of sp³-hybridized carbons (Fsp3) is 0.421. The monoisotopic (exact) mass is 454 g/mol. The molecule has 1 aromatic rings. The van der Waals surface area contributed by atoms with Crippen LogP contribution in [0.15, 0.2) is 24.3 Å². The van der Waals surface area contributed by atoms with Gasteiger partial charge >= 0.3 is 11.9 Å². The first-order valence-corrected chi connectivity index (χ1v) is 9.44. The van der Waals surface area contributed by atoms with Gasteiger partial charge in [0.05, 0.1) is 19.1 Å². The number of phenolic OH excluding ortho intramolecular Hbond substituents is 1. The summed E-state index contributed by atoms with van der Waals surface area (Å²) < 4.78 is 0. The van der Waals surface area contributed by atoms with Gasteiger partial charge in [-0.05, 0) is 24.6 Å². The Morgan fingerprint density at radius 2 is 1.38 bits per heavy atom. The summed E-state index contributed by atoms with van der Waals surface area (Å²) in [5, 5.41) is 42.9. The lowest BCUT2D eigenvalue weighted by atomic mass is 10.0. The molecule has 13 heteroatoms. The highest BCUT2D eigenvalue weighted by Gasteiger charge is 2.31. The number of benzene rings is 1. The maximum absolute atomic E-state index is 12.8. The molecular weight excluding hydrogens is 428 g/mol. The van der Waals surface area contributed by atoms with Crippen LogP contribution in [0.5, 0.6) is 5.75 Å². The molecule has 32 heavy (non-hydrogen) atoms. The number of carbonyl (C=O) groups excluding carboxylic acids is 3. The number of carboxylic acid groups (broad SMARTS) is 2. The lowest BCUT2D eigenvalue weighted by molar-refractivity contribution is -0.144. The minimum Gasteiger partial charge on any atom is -0.508 e. The Morgan fingerprint density at radius 3 is 1.84 bits per heavy atom. The molecule has 13 nitrogen and oxygen atoms in total. The van der Waals surface area contributed by atoms with E-state index in [-0.39, 0.29) is 12.2 Å². The highest BCUT2D eigenvalue weighted by Crippen LogP contribution is 2.12. The molecule has 4 unspecified atom stereocenters. The lowest BCUT2D eigenvalue weighted by Gasteiger charge is -2.24. The van der Waals surface area contributed by atoms with Gasteiger partial charge in [-0.15, -0.1) is 0 Å². The van der Waals surface area contributed by atoms with E-state index in [2.05, 4.69) is 10.6 Å². The molecule has 0 radical (unpaired) electrons. The standard InChI is InChI=1S/C19H26N4O9/c1-9(20)16(28)21-12(6-10-2-4-11(25)5-3-10)17(29)22-13(7-15(26)27)18(30)23-14(8-24)19(31)32/h2-5,9,12-14,24-25H,6-8,20H2,1H3,(H,21,28)(H,22,29)(H,23,30)(H,26,27)(H,31,32). The van der Waals surface area contributed by atoms with Crippen LogP contribution in [-0.2, 0) is 30.4 Å². The molecule has 0 saturated heterocycles. The molecule has 0 fully saturated rings. The Morgan fingerprint density at radius 1 is 0.875 bits per heavy atom. The molecular formula is C19H26N4O9. The van der Waals surface area contributed by atoms with Crippen molar-refractivity contribution in [2.45, 2.75) is 43.9 Å². The molecule has 0 aromatic heterocycles. The number of nitrogens with two attached hydrogens (primary N) is 1. The van der Waals surface area contributed by atoms with Gasteiger partial charge in [0.25, 0.3) is 0 Å². The zero-order valence-electron chi connectivity index (χ0n) is 17.1. The number of aliphatic carboxylic acids is 2. The quantitative estimate of drug-likeness (QED) is 0.163. The number of aromatic hydroxyl groups is 1. The van der Waals surface area contributed by atoms with Crippen LogP contribution < -0.4 is 21.7 Å². The SMILES string of the molecule is CC(N)C(=O)NC(Cc1ccc(O)cc1)C(=O)NC(CC(=O)O)C(=O)NC(CO)C(=O)O. The van der Waals surface area contributed by atoms with Crippen molar-refractivity contribution in [1.29, 1.82) is 0 Å². The highest BCUT2D eigenvalue weighted by atomic mass is 16.4. The van der Waals surface area contributed by atoms with Gasteiger partial charge in [-0.2, -0.15) is 0 Å². The van der Waals surface area contributed by atoms with Crippen molar-refractivity contribution in [2.75, 3.05) is 6.61 Å². The number of amides is 3. The van der Waals surface area contributed by atoms with Gasteiger partial charge in [0.1, 0.15) is 23.9 Å². The van der Waals surface area contributed by atoms with Crippen LogP contribution in [0.2, 0.25) is 0 Å². The van der Waals surface area contributed by atoms with Crippen LogP contribution in [0, 0.1) is 0 Å². The van der Waals surface area contributed by atoms with E-state index in [1.807, 2.05) is 5.32 Å². The van der Waals surface area contributed by atoms with E-state index in [1.165, 1.54) is 31.2 Å². The zero-order valence-corrected chi connectivity index (χ0v) is 17.1. The van der Waals surface area contributed by atoms with E-state index in [0.717, 1.165) is 0 Å². The van der Waals surface area contributed by atoms with Crippen LogP contribution in [0.25, 0.3) is 0 Å². The van der Waals surface area contributed by atoms with Crippen LogP contribution in [-0.4, -0.2) is 80.9 Å². The molecule has 9 N–H and O–H groups in total. The van der Waals surface area contributed by atoms with Gasteiger partial charge in [-0.3, -0.25) is 19.2 Å². The molecule has 0 spiro atoms. The third-order valence-corrected chi connectivity index (χ3v) is 4.23. The largest absolute Gasteiger partial charge is 0.508 e. The number of phenols is 1. The van der Waals surface area contributed by atoms with Crippen molar-refractivity contribution < 1.29 is 44.4 Å². The van der Waals surface area contributed by atoms with Crippen LogP contribution in [0.3, 0.4) is 0 Å². The van der Waals surface area contributed by atoms with Crippen molar-refractivity contribution in [3.63, 3.8) is 0 Å². The zero-order chi connectivity index (χ0) is 24.4. The second-order valence-electron chi connectivity index (χ2n) is 6.96. The van der Waals surface area contributed by atoms with Gasteiger partial charge in [0.15, 0.2) is 0 Å². The molecule has 1 aromatic carbocycles. The van der Waals surface area contributed by atoms with E-state index >= 15 is 0 Å². The van der Waals surface area contributed by atoms with E-state index in [9.17, 15) is 29.1 Å². The highest BCUT2D eigenvalue weighted by molar-refractivity contribution is 5.95. The van der Waals surface area contributed by atoms with E-state index in [1.54, 1.807) is 0 Å².